The molecule has 1 aromatic carbocycles. The third kappa shape index (κ3) is 3.15. The molecule has 140 valence electrons. The maximum absolute atomic E-state index is 13.4. The molecule has 7 heteroatoms. The van der Waals surface area contributed by atoms with E-state index in [-0.39, 0.29) is 11.9 Å². The Labute approximate surface area is 162 Å². The highest BCUT2D eigenvalue weighted by Crippen LogP contribution is 2.31. The van der Waals surface area contributed by atoms with Gasteiger partial charge in [-0.3, -0.25) is 14.8 Å². The molecule has 27 heavy (non-hydrogen) atoms. The monoisotopic (exact) mass is 381 g/mol. The van der Waals surface area contributed by atoms with E-state index >= 15 is 0 Å². The second-order valence-electron chi connectivity index (χ2n) is 7.85. The summed E-state index contributed by atoms with van der Waals surface area (Å²) in [6.07, 6.45) is 2.27. The van der Waals surface area contributed by atoms with Gasteiger partial charge in [-0.05, 0) is 37.8 Å². The van der Waals surface area contributed by atoms with Gasteiger partial charge in [0.1, 0.15) is 0 Å². The van der Waals surface area contributed by atoms with Crippen molar-refractivity contribution in [1.82, 2.24) is 25.0 Å². The van der Waals surface area contributed by atoms with Gasteiger partial charge in [-0.15, -0.1) is 11.3 Å². The van der Waals surface area contributed by atoms with E-state index in [0.29, 0.717) is 11.6 Å². The van der Waals surface area contributed by atoms with Crippen molar-refractivity contribution < 1.29 is 4.79 Å². The zero-order valence-corrected chi connectivity index (χ0v) is 16.2. The van der Waals surface area contributed by atoms with Crippen molar-refractivity contribution in [3.63, 3.8) is 0 Å². The Morgan fingerprint density at radius 3 is 3.07 bits per heavy atom. The van der Waals surface area contributed by atoms with Crippen molar-refractivity contribution in [2.75, 3.05) is 19.6 Å². The molecule has 2 aromatic heterocycles. The van der Waals surface area contributed by atoms with Crippen molar-refractivity contribution >= 4 is 28.1 Å². The first-order valence-electron chi connectivity index (χ1n) is 9.52. The molecule has 1 amide bonds. The molecule has 6 rings (SSSR count). The number of aromatic nitrogens is 3. The van der Waals surface area contributed by atoms with Crippen LogP contribution in [0.4, 0.5) is 0 Å². The maximum atomic E-state index is 13.4. The summed E-state index contributed by atoms with van der Waals surface area (Å²) in [6.45, 7) is 5.71. The lowest BCUT2D eigenvalue weighted by Crippen LogP contribution is -2.47. The number of carbonyl (C=O) groups is 1. The minimum atomic E-state index is 0.0667. The van der Waals surface area contributed by atoms with Crippen LogP contribution in [-0.2, 0) is 6.54 Å². The van der Waals surface area contributed by atoms with Crippen molar-refractivity contribution in [2.45, 2.75) is 32.4 Å². The van der Waals surface area contributed by atoms with Crippen LogP contribution in [0, 0.1) is 12.8 Å². The molecule has 3 aromatic rings. The lowest BCUT2D eigenvalue weighted by molar-refractivity contribution is 0.0580. The van der Waals surface area contributed by atoms with Gasteiger partial charge < -0.3 is 4.90 Å². The number of amides is 1. The van der Waals surface area contributed by atoms with Gasteiger partial charge in [0.05, 0.1) is 16.7 Å². The average Bonchev–Trinajstić information content (AvgIpc) is 3.23. The molecule has 3 aliphatic rings. The molecular weight excluding hydrogens is 358 g/mol. The second kappa shape index (κ2) is 6.73. The highest BCUT2D eigenvalue weighted by atomic mass is 32.1. The van der Waals surface area contributed by atoms with Gasteiger partial charge in [0.2, 0.25) is 0 Å². The summed E-state index contributed by atoms with van der Waals surface area (Å²) in [6, 6.07) is 6.35. The van der Waals surface area contributed by atoms with E-state index < -0.39 is 0 Å². The van der Waals surface area contributed by atoms with E-state index in [9.17, 15) is 4.79 Å². The fraction of sp³-hybridized carbons (Fsp3) is 0.450. The fourth-order valence-corrected chi connectivity index (χ4v) is 5.08. The van der Waals surface area contributed by atoms with Gasteiger partial charge in [-0.2, -0.15) is 5.10 Å². The number of nitrogens with one attached hydrogen (secondary N) is 1. The van der Waals surface area contributed by atoms with Gasteiger partial charge in [0, 0.05) is 43.0 Å². The van der Waals surface area contributed by atoms with Crippen LogP contribution < -0.4 is 0 Å². The largest absolute Gasteiger partial charge is 0.333 e. The highest BCUT2D eigenvalue weighted by Gasteiger charge is 2.38. The maximum Gasteiger partial charge on any atom is 0.275 e. The van der Waals surface area contributed by atoms with Crippen molar-refractivity contribution in [3.05, 3.63) is 46.0 Å². The molecule has 0 radical (unpaired) electrons. The van der Waals surface area contributed by atoms with E-state index in [1.807, 2.05) is 24.6 Å². The standard InChI is InChI=1S/C20H23N5OS/c1-13-2-5-18-17(6-13)19(23-22-18)20(26)25-8-14-3-4-16(25)10-24(7-14)9-15-11-27-12-21-15/h2,5-6,11-12,14,16H,3-4,7-10H2,1H3,(H,22,23)/t14-,16+/m0/s1. The Morgan fingerprint density at radius 2 is 2.22 bits per heavy atom. The molecule has 6 nitrogen and oxygen atoms in total. The number of thiazole rings is 1. The molecule has 0 aliphatic carbocycles. The number of fused-ring (bicyclic) bond motifs is 5. The Hall–Kier alpha value is -2.25. The van der Waals surface area contributed by atoms with Crippen molar-refractivity contribution in [2.24, 2.45) is 5.92 Å². The smallest absolute Gasteiger partial charge is 0.275 e. The van der Waals surface area contributed by atoms with E-state index in [2.05, 4.69) is 36.4 Å². The number of hydrogen-bond acceptors (Lipinski definition) is 5. The second-order valence-corrected chi connectivity index (χ2v) is 8.57. The normalized spacial score (nSPS) is 23.1. The van der Waals surface area contributed by atoms with Crippen molar-refractivity contribution in [1.29, 1.82) is 0 Å². The third-order valence-corrected chi connectivity index (χ3v) is 6.48. The first kappa shape index (κ1) is 16.9. The van der Waals surface area contributed by atoms with E-state index in [4.69, 9.17) is 0 Å². The van der Waals surface area contributed by atoms with Crippen molar-refractivity contribution in [3.8, 4) is 0 Å². The molecule has 0 spiro atoms. The SMILES string of the molecule is Cc1ccc2[nH]nc(C(=O)N3C[C@H]4CC[C@@H]3CN(Cc3cscn3)C4)c2c1. The predicted octanol–water partition coefficient (Wildman–Crippen LogP) is 3.06. The zero-order valence-electron chi connectivity index (χ0n) is 15.4. The summed E-state index contributed by atoms with van der Waals surface area (Å²) in [5, 5.41) is 10.4. The molecule has 1 N–H and O–H groups in total. The number of nitrogens with zero attached hydrogens (tertiary/aromatic N) is 4. The lowest BCUT2D eigenvalue weighted by Gasteiger charge is -2.35. The Morgan fingerprint density at radius 1 is 1.30 bits per heavy atom. The fourth-order valence-electron chi connectivity index (χ4n) is 4.53. The van der Waals surface area contributed by atoms with Crippen LogP contribution in [0.1, 0.15) is 34.6 Å². The van der Waals surface area contributed by atoms with Crippen LogP contribution in [0.25, 0.3) is 10.9 Å². The minimum absolute atomic E-state index is 0.0667. The Balaban J connectivity index is 1.40. The van der Waals surface area contributed by atoms with E-state index in [0.717, 1.165) is 54.8 Å². The molecule has 3 aliphatic heterocycles. The highest BCUT2D eigenvalue weighted by molar-refractivity contribution is 7.07. The number of carbonyl (C=O) groups excluding carboxylic acids is 1. The number of aromatic amines is 1. The Bertz CT molecular complexity index is 966. The number of rotatable bonds is 3. The average molecular weight is 382 g/mol. The van der Waals surface area contributed by atoms with Gasteiger partial charge in [-0.1, -0.05) is 11.6 Å². The number of hydrogen-bond donors (Lipinski definition) is 1. The van der Waals surface area contributed by atoms with Gasteiger partial charge in [-0.25, -0.2) is 4.98 Å². The molecule has 3 fully saturated rings. The molecule has 5 heterocycles. The first-order valence-corrected chi connectivity index (χ1v) is 10.5. The topological polar surface area (TPSA) is 65.1 Å². The summed E-state index contributed by atoms with van der Waals surface area (Å²) in [4.78, 5) is 22.3. The molecular formula is C20H23N5OS. The summed E-state index contributed by atoms with van der Waals surface area (Å²) in [7, 11) is 0. The van der Waals surface area contributed by atoms with Crippen LogP contribution in [0.3, 0.4) is 0 Å². The summed E-state index contributed by atoms with van der Waals surface area (Å²) in [5.74, 6) is 0.593. The van der Waals surface area contributed by atoms with Crippen LogP contribution >= 0.6 is 11.3 Å². The summed E-state index contributed by atoms with van der Waals surface area (Å²) >= 11 is 1.64. The van der Waals surface area contributed by atoms with Gasteiger partial charge in [0.15, 0.2) is 5.69 Å². The quantitative estimate of drug-likeness (QED) is 0.757. The molecule has 2 bridgehead atoms. The zero-order chi connectivity index (χ0) is 18.4. The molecule has 2 atom stereocenters. The minimum Gasteiger partial charge on any atom is -0.333 e. The first-order chi connectivity index (χ1) is 13.2. The third-order valence-electron chi connectivity index (χ3n) is 5.84. The summed E-state index contributed by atoms with van der Waals surface area (Å²) < 4.78 is 0. The molecule has 3 saturated heterocycles. The van der Waals surface area contributed by atoms with Crippen LogP contribution in [0.5, 0.6) is 0 Å². The van der Waals surface area contributed by atoms with Gasteiger partial charge >= 0.3 is 0 Å². The van der Waals surface area contributed by atoms with Gasteiger partial charge in [0.25, 0.3) is 5.91 Å². The number of H-pyrrole nitrogens is 1. The van der Waals surface area contributed by atoms with E-state index in [1.165, 1.54) is 6.42 Å². The number of benzene rings is 1. The number of piperidine rings is 1. The van der Waals surface area contributed by atoms with Crippen LogP contribution in [0.15, 0.2) is 29.1 Å². The van der Waals surface area contributed by atoms with Crippen LogP contribution in [-0.4, -0.2) is 56.6 Å². The summed E-state index contributed by atoms with van der Waals surface area (Å²) in [5.41, 5.74) is 5.65. The molecule has 0 saturated carbocycles. The van der Waals surface area contributed by atoms with Crippen LogP contribution in [0.2, 0.25) is 0 Å². The van der Waals surface area contributed by atoms with E-state index in [1.54, 1.807) is 11.3 Å². The predicted molar refractivity (Wildman–Crippen MR) is 106 cm³/mol. The molecule has 0 unspecified atom stereocenters. The lowest BCUT2D eigenvalue weighted by atomic mass is 9.94. The number of aryl methyl sites for hydroxylation is 1. The Kier molecular flexibility index (Phi) is 4.21.